The predicted octanol–water partition coefficient (Wildman–Crippen LogP) is 4.67. The number of anilines is 1. The Hall–Kier alpha value is -4.64. The number of fused-ring (bicyclic) bond motifs is 1. The van der Waals surface area contributed by atoms with Crippen molar-refractivity contribution < 1.29 is 22.4 Å². The van der Waals surface area contributed by atoms with Crippen molar-refractivity contribution in [3.63, 3.8) is 0 Å². The smallest absolute Gasteiger partial charge is 0.349 e. The molecule has 0 fully saturated rings. The second-order valence-corrected chi connectivity index (χ2v) is 9.04. The van der Waals surface area contributed by atoms with E-state index in [0.717, 1.165) is 18.2 Å². The Balaban J connectivity index is 1.62. The first-order valence-corrected chi connectivity index (χ1v) is 12.0. The average molecular weight is 538 g/mol. The lowest BCUT2D eigenvalue weighted by atomic mass is 10.0. The molecule has 11 heteroatoms. The first-order valence-electron chi connectivity index (χ1n) is 12.0. The number of nitriles is 1. The number of aromatic nitrogens is 2. The van der Waals surface area contributed by atoms with Gasteiger partial charge in [0.25, 0.3) is 11.5 Å². The molecular weight excluding hydrogens is 514 g/mol. The van der Waals surface area contributed by atoms with Crippen molar-refractivity contribution in [1.82, 2.24) is 14.5 Å². The van der Waals surface area contributed by atoms with Crippen LogP contribution in [0.5, 0.6) is 0 Å². The zero-order valence-electron chi connectivity index (χ0n) is 20.8. The molecule has 4 rings (SSSR count). The molecule has 1 aliphatic heterocycles. The molecule has 0 saturated carbocycles. The minimum atomic E-state index is -4.45. The van der Waals surface area contributed by atoms with Gasteiger partial charge in [0, 0.05) is 25.9 Å². The predicted molar refractivity (Wildman–Crippen MR) is 135 cm³/mol. The van der Waals surface area contributed by atoms with E-state index in [4.69, 9.17) is 11.7 Å². The Labute approximate surface area is 221 Å². The molecular formula is C28H23F4N5O2. The van der Waals surface area contributed by atoms with Crippen molar-refractivity contribution in [3.8, 4) is 18.4 Å². The quantitative estimate of drug-likeness (QED) is 0.365. The summed E-state index contributed by atoms with van der Waals surface area (Å²) in [5.41, 5.74) is -0.0242. The Morgan fingerprint density at radius 3 is 2.56 bits per heavy atom. The molecule has 2 aromatic carbocycles. The van der Waals surface area contributed by atoms with Crippen LogP contribution in [0.4, 0.5) is 23.5 Å². The molecule has 0 saturated heterocycles. The highest BCUT2D eigenvalue weighted by Gasteiger charge is 2.31. The molecule has 7 nitrogen and oxygen atoms in total. The number of nitrogens with zero attached hydrogens (tertiary/aromatic N) is 4. The number of terminal acetylenes is 1. The minimum Gasteiger partial charge on any atom is -0.349 e. The summed E-state index contributed by atoms with van der Waals surface area (Å²) in [6.45, 7) is 1.94. The fraction of sp³-hybridized carbons (Fsp3) is 0.286. The van der Waals surface area contributed by atoms with Gasteiger partial charge < -0.3 is 10.2 Å². The van der Waals surface area contributed by atoms with E-state index in [1.54, 1.807) is 6.92 Å². The summed E-state index contributed by atoms with van der Waals surface area (Å²) in [5, 5.41) is 12.0. The molecule has 1 aliphatic rings. The molecule has 0 spiro atoms. The van der Waals surface area contributed by atoms with Crippen molar-refractivity contribution >= 4 is 11.9 Å². The molecule has 39 heavy (non-hydrogen) atoms. The molecule has 0 radical (unpaired) electrons. The lowest BCUT2D eigenvalue weighted by Crippen LogP contribution is -2.42. The number of amides is 1. The molecule has 1 atom stereocenters. The Bertz CT molecular complexity index is 1550. The minimum absolute atomic E-state index is 0.0826. The molecule has 0 bridgehead atoms. The molecule has 2 heterocycles. The number of hydrogen-bond donors (Lipinski definition) is 1. The fourth-order valence-corrected chi connectivity index (χ4v) is 4.35. The molecule has 1 aromatic heterocycles. The number of carbonyl (C=O) groups is 1. The van der Waals surface area contributed by atoms with Crippen LogP contribution in [0.1, 0.15) is 57.7 Å². The first-order chi connectivity index (χ1) is 18.5. The summed E-state index contributed by atoms with van der Waals surface area (Å²) in [5.74, 6) is 1.23. The summed E-state index contributed by atoms with van der Waals surface area (Å²) >= 11 is 0. The summed E-state index contributed by atoms with van der Waals surface area (Å²) in [4.78, 5) is 32.5. The largest absolute Gasteiger partial charge is 0.416 e. The number of halogens is 4. The van der Waals surface area contributed by atoms with Crippen LogP contribution < -0.4 is 10.9 Å². The van der Waals surface area contributed by atoms with Gasteiger partial charge >= 0.3 is 6.18 Å². The van der Waals surface area contributed by atoms with Gasteiger partial charge in [-0.2, -0.15) is 18.4 Å². The maximum Gasteiger partial charge on any atom is 0.416 e. The van der Waals surface area contributed by atoms with E-state index in [9.17, 15) is 27.2 Å². The van der Waals surface area contributed by atoms with Crippen LogP contribution >= 0.6 is 0 Å². The standard InChI is InChI=1S/C28H23F4N5O2/c1-3-4-12-37-26(39)22-16-36(25(38)21-10-5-18(15-33)14-23(21)29)13-11-24(22)35-27(37)34-17(2)19-6-8-20(9-7-19)28(30,31)32/h1,5-10,14,17H,4,11-13,16H2,2H3,(H,34,35)/t17-/m0/s1. The number of alkyl halides is 3. The number of rotatable bonds is 6. The molecule has 1 N–H and O–H groups in total. The van der Waals surface area contributed by atoms with Crippen molar-refractivity contribution in [3.05, 3.63) is 92.1 Å². The van der Waals surface area contributed by atoms with Gasteiger partial charge in [-0.15, -0.1) is 12.3 Å². The van der Waals surface area contributed by atoms with Gasteiger partial charge in [0.15, 0.2) is 0 Å². The van der Waals surface area contributed by atoms with Gasteiger partial charge in [0.1, 0.15) is 5.82 Å². The Kier molecular flexibility index (Phi) is 7.73. The van der Waals surface area contributed by atoms with Gasteiger partial charge in [-0.25, -0.2) is 9.37 Å². The number of carbonyl (C=O) groups excluding carboxylic acids is 1. The van der Waals surface area contributed by atoms with Gasteiger partial charge in [0.05, 0.1) is 46.6 Å². The number of benzene rings is 2. The fourth-order valence-electron chi connectivity index (χ4n) is 4.35. The van der Waals surface area contributed by atoms with Crippen LogP contribution in [0, 0.1) is 29.5 Å². The van der Waals surface area contributed by atoms with E-state index in [-0.39, 0.29) is 55.1 Å². The van der Waals surface area contributed by atoms with Crippen molar-refractivity contribution in [2.24, 2.45) is 0 Å². The third-order valence-corrected chi connectivity index (χ3v) is 6.49. The molecule has 200 valence electrons. The van der Waals surface area contributed by atoms with Crippen LogP contribution in [-0.2, 0) is 25.7 Å². The van der Waals surface area contributed by atoms with Gasteiger partial charge in [-0.1, -0.05) is 12.1 Å². The zero-order chi connectivity index (χ0) is 28.3. The summed E-state index contributed by atoms with van der Waals surface area (Å²) in [7, 11) is 0. The summed E-state index contributed by atoms with van der Waals surface area (Å²) < 4.78 is 54.6. The van der Waals surface area contributed by atoms with Gasteiger partial charge in [-0.05, 0) is 42.8 Å². The summed E-state index contributed by atoms with van der Waals surface area (Å²) in [6, 6.07) is 9.58. The van der Waals surface area contributed by atoms with E-state index in [2.05, 4.69) is 16.2 Å². The van der Waals surface area contributed by atoms with Crippen LogP contribution in [0.15, 0.2) is 47.3 Å². The van der Waals surface area contributed by atoms with E-state index in [1.807, 2.05) is 6.07 Å². The number of nitrogens with one attached hydrogen (secondary N) is 1. The lowest BCUT2D eigenvalue weighted by molar-refractivity contribution is -0.137. The van der Waals surface area contributed by atoms with Crippen molar-refractivity contribution in [1.29, 1.82) is 5.26 Å². The SMILES string of the molecule is C#CCCn1c(N[C@@H](C)c2ccc(C(F)(F)F)cc2)nc2c(c1=O)CN(C(=O)c1ccc(C#N)cc1F)CC2. The van der Waals surface area contributed by atoms with Gasteiger partial charge in [0.2, 0.25) is 5.95 Å². The van der Waals surface area contributed by atoms with Crippen molar-refractivity contribution in [2.75, 3.05) is 11.9 Å². The monoisotopic (exact) mass is 537 g/mol. The maximum atomic E-state index is 14.5. The first kappa shape index (κ1) is 27.4. The zero-order valence-corrected chi connectivity index (χ0v) is 20.8. The van der Waals surface area contributed by atoms with Crippen LogP contribution in [0.25, 0.3) is 0 Å². The maximum absolute atomic E-state index is 14.5. The highest BCUT2D eigenvalue weighted by Crippen LogP contribution is 2.30. The topological polar surface area (TPSA) is 91.0 Å². The lowest BCUT2D eigenvalue weighted by Gasteiger charge is -2.29. The molecule has 3 aromatic rings. The van der Waals surface area contributed by atoms with E-state index >= 15 is 0 Å². The molecule has 1 amide bonds. The summed E-state index contributed by atoms with van der Waals surface area (Å²) in [6.07, 6.45) is 1.40. The number of hydrogen-bond acceptors (Lipinski definition) is 5. The second kappa shape index (κ2) is 11.0. The van der Waals surface area contributed by atoms with Gasteiger partial charge in [-0.3, -0.25) is 14.2 Å². The average Bonchev–Trinajstić information content (AvgIpc) is 2.92. The van der Waals surface area contributed by atoms with Crippen LogP contribution in [0.3, 0.4) is 0 Å². The van der Waals surface area contributed by atoms with E-state index in [0.29, 0.717) is 11.3 Å². The molecule has 0 unspecified atom stereocenters. The van der Waals surface area contributed by atoms with Crippen LogP contribution in [-0.4, -0.2) is 26.9 Å². The third-order valence-electron chi connectivity index (χ3n) is 6.49. The van der Waals surface area contributed by atoms with Crippen molar-refractivity contribution in [2.45, 2.75) is 45.1 Å². The Morgan fingerprint density at radius 2 is 1.95 bits per heavy atom. The van der Waals surface area contributed by atoms with E-state index in [1.165, 1.54) is 33.7 Å². The third kappa shape index (κ3) is 5.78. The molecule has 0 aliphatic carbocycles. The van der Waals surface area contributed by atoms with Crippen LogP contribution in [0.2, 0.25) is 0 Å². The Morgan fingerprint density at radius 1 is 1.23 bits per heavy atom. The highest BCUT2D eigenvalue weighted by atomic mass is 19.4. The highest BCUT2D eigenvalue weighted by molar-refractivity contribution is 5.94. The van der Waals surface area contributed by atoms with E-state index < -0.39 is 35.1 Å². The normalized spacial score (nSPS) is 13.7. The second-order valence-electron chi connectivity index (χ2n) is 9.04.